The van der Waals surface area contributed by atoms with Crippen molar-refractivity contribution in [2.75, 3.05) is 18.0 Å². The van der Waals surface area contributed by atoms with Gasteiger partial charge in [-0.2, -0.15) is 0 Å². The molecule has 0 amide bonds. The molecule has 1 heterocycles. The minimum atomic E-state index is 0.804. The molecule has 2 aliphatic rings. The van der Waals surface area contributed by atoms with Crippen molar-refractivity contribution in [2.24, 2.45) is 0 Å². The van der Waals surface area contributed by atoms with Gasteiger partial charge in [0.1, 0.15) is 0 Å². The molecule has 0 atom stereocenters. The normalized spacial score (nSPS) is 20.4. The third-order valence-electron chi connectivity index (χ3n) is 3.58. The average Bonchev–Trinajstić information content (AvgIpc) is 3.00. The Labute approximate surface area is 97.6 Å². The van der Waals surface area contributed by atoms with Gasteiger partial charge in [0.2, 0.25) is 0 Å². The number of hydrogen-bond acceptors (Lipinski definition) is 2. The van der Waals surface area contributed by atoms with Gasteiger partial charge in [0, 0.05) is 31.4 Å². The lowest BCUT2D eigenvalue weighted by Crippen LogP contribution is -2.18. The Hall–Kier alpha value is -1.02. The predicted octanol–water partition coefficient (Wildman–Crippen LogP) is 2.54. The first-order valence-electron chi connectivity index (χ1n) is 6.49. The Morgan fingerprint density at radius 2 is 1.75 bits per heavy atom. The molecule has 1 aromatic rings. The molecule has 3 rings (SSSR count). The van der Waals surface area contributed by atoms with Gasteiger partial charge in [0.25, 0.3) is 0 Å². The molecule has 1 saturated carbocycles. The second-order valence-corrected chi connectivity index (χ2v) is 5.02. The maximum atomic E-state index is 3.55. The van der Waals surface area contributed by atoms with Crippen molar-refractivity contribution in [1.82, 2.24) is 5.32 Å². The summed E-state index contributed by atoms with van der Waals surface area (Å²) in [6.45, 7) is 3.50. The Bertz CT molecular complexity index is 334. The number of anilines is 1. The van der Waals surface area contributed by atoms with Gasteiger partial charge < -0.3 is 10.2 Å². The summed E-state index contributed by atoms with van der Waals surface area (Å²) in [4.78, 5) is 2.48. The molecule has 0 aromatic heterocycles. The summed E-state index contributed by atoms with van der Waals surface area (Å²) < 4.78 is 0. The molecule has 1 N–H and O–H groups in total. The van der Waals surface area contributed by atoms with E-state index in [0.717, 1.165) is 12.6 Å². The highest BCUT2D eigenvalue weighted by Gasteiger charge is 2.19. The van der Waals surface area contributed by atoms with E-state index in [4.69, 9.17) is 0 Å². The van der Waals surface area contributed by atoms with Gasteiger partial charge in [0.05, 0.1) is 0 Å². The number of nitrogens with one attached hydrogen (secondary N) is 1. The Kier molecular flexibility index (Phi) is 2.83. The van der Waals surface area contributed by atoms with E-state index in [-0.39, 0.29) is 0 Å². The molecule has 1 aromatic carbocycles. The zero-order chi connectivity index (χ0) is 10.8. The van der Waals surface area contributed by atoms with E-state index in [2.05, 4.69) is 34.5 Å². The van der Waals surface area contributed by atoms with E-state index in [1.54, 1.807) is 0 Å². The predicted molar refractivity (Wildman–Crippen MR) is 67.8 cm³/mol. The molecule has 1 aliphatic heterocycles. The van der Waals surface area contributed by atoms with Crippen molar-refractivity contribution in [2.45, 2.75) is 38.3 Å². The standard InChI is InChI=1S/C14H20N2/c1-2-10-16(9-1)14-7-3-12(4-8-14)11-15-13-5-6-13/h3-4,7-8,13,15H,1-2,5-6,9-11H2. The van der Waals surface area contributed by atoms with Crippen molar-refractivity contribution in [3.8, 4) is 0 Å². The van der Waals surface area contributed by atoms with E-state index in [0.29, 0.717) is 0 Å². The molecule has 0 unspecified atom stereocenters. The SMILES string of the molecule is c1cc(N2CCCC2)ccc1CNC1CC1. The number of nitrogens with zero attached hydrogens (tertiary/aromatic N) is 1. The van der Waals surface area contributed by atoms with E-state index >= 15 is 0 Å². The molecule has 2 heteroatoms. The van der Waals surface area contributed by atoms with Crippen molar-refractivity contribution >= 4 is 5.69 Å². The summed E-state index contributed by atoms with van der Waals surface area (Å²) >= 11 is 0. The van der Waals surface area contributed by atoms with Crippen molar-refractivity contribution in [3.05, 3.63) is 29.8 Å². The third kappa shape index (κ3) is 2.38. The highest BCUT2D eigenvalue weighted by molar-refractivity contribution is 5.48. The van der Waals surface area contributed by atoms with Crippen LogP contribution in [0.25, 0.3) is 0 Å². The fraction of sp³-hybridized carbons (Fsp3) is 0.571. The zero-order valence-corrected chi connectivity index (χ0v) is 9.78. The molecule has 0 radical (unpaired) electrons. The van der Waals surface area contributed by atoms with Gasteiger partial charge in [0.15, 0.2) is 0 Å². The minimum absolute atomic E-state index is 0.804. The fourth-order valence-electron chi connectivity index (χ4n) is 2.35. The lowest BCUT2D eigenvalue weighted by molar-refractivity contribution is 0.688. The molecule has 16 heavy (non-hydrogen) atoms. The summed E-state index contributed by atoms with van der Waals surface area (Å²) in [5.74, 6) is 0. The van der Waals surface area contributed by atoms with Crippen LogP contribution in [0, 0.1) is 0 Å². The Balaban J connectivity index is 1.59. The maximum absolute atomic E-state index is 3.55. The topological polar surface area (TPSA) is 15.3 Å². The van der Waals surface area contributed by atoms with Gasteiger partial charge in [-0.15, -0.1) is 0 Å². The second kappa shape index (κ2) is 4.46. The molecular weight excluding hydrogens is 196 g/mol. The highest BCUT2D eigenvalue weighted by Crippen LogP contribution is 2.22. The molecule has 2 fully saturated rings. The quantitative estimate of drug-likeness (QED) is 0.832. The molecule has 86 valence electrons. The monoisotopic (exact) mass is 216 g/mol. The average molecular weight is 216 g/mol. The van der Waals surface area contributed by atoms with Crippen LogP contribution in [-0.4, -0.2) is 19.1 Å². The largest absolute Gasteiger partial charge is 0.372 e. The molecular formula is C14H20N2. The molecule has 1 saturated heterocycles. The zero-order valence-electron chi connectivity index (χ0n) is 9.78. The second-order valence-electron chi connectivity index (χ2n) is 5.02. The van der Waals surface area contributed by atoms with Crippen LogP contribution in [0.15, 0.2) is 24.3 Å². The summed E-state index contributed by atoms with van der Waals surface area (Å²) in [6.07, 6.45) is 5.44. The molecule has 0 spiro atoms. The first-order valence-corrected chi connectivity index (χ1v) is 6.49. The van der Waals surface area contributed by atoms with Crippen LogP contribution in [0.4, 0.5) is 5.69 Å². The summed E-state index contributed by atoms with van der Waals surface area (Å²) in [5.41, 5.74) is 2.81. The van der Waals surface area contributed by atoms with Crippen LogP contribution in [-0.2, 0) is 6.54 Å². The summed E-state index contributed by atoms with van der Waals surface area (Å²) in [6, 6.07) is 9.88. The van der Waals surface area contributed by atoms with Gasteiger partial charge in [-0.1, -0.05) is 12.1 Å². The van der Waals surface area contributed by atoms with Crippen molar-refractivity contribution in [3.63, 3.8) is 0 Å². The number of benzene rings is 1. The van der Waals surface area contributed by atoms with Crippen LogP contribution in [0.3, 0.4) is 0 Å². The van der Waals surface area contributed by atoms with Crippen molar-refractivity contribution < 1.29 is 0 Å². The third-order valence-corrected chi connectivity index (χ3v) is 3.58. The smallest absolute Gasteiger partial charge is 0.0366 e. The van der Waals surface area contributed by atoms with Crippen LogP contribution < -0.4 is 10.2 Å². The van der Waals surface area contributed by atoms with E-state index in [1.165, 1.54) is 50.0 Å². The van der Waals surface area contributed by atoms with Crippen LogP contribution in [0.2, 0.25) is 0 Å². The molecule has 0 bridgehead atoms. The molecule has 1 aliphatic carbocycles. The van der Waals surface area contributed by atoms with Crippen LogP contribution >= 0.6 is 0 Å². The summed E-state index contributed by atoms with van der Waals surface area (Å²) in [5, 5.41) is 3.55. The highest BCUT2D eigenvalue weighted by atomic mass is 15.1. The minimum Gasteiger partial charge on any atom is -0.372 e. The lowest BCUT2D eigenvalue weighted by atomic mass is 10.2. The van der Waals surface area contributed by atoms with E-state index in [1.807, 2.05) is 0 Å². The lowest BCUT2D eigenvalue weighted by Gasteiger charge is -2.17. The number of rotatable bonds is 4. The van der Waals surface area contributed by atoms with Gasteiger partial charge in [-0.3, -0.25) is 0 Å². The van der Waals surface area contributed by atoms with Crippen LogP contribution in [0.5, 0.6) is 0 Å². The van der Waals surface area contributed by atoms with Crippen LogP contribution in [0.1, 0.15) is 31.2 Å². The maximum Gasteiger partial charge on any atom is 0.0366 e. The van der Waals surface area contributed by atoms with Gasteiger partial charge in [-0.25, -0.2) is 0 Å². The molecule has 2 nitrogen and oxygen atoms in total. The van der Waals surface area contributed by atoms with E-state index in [9.17, 15) is 0 Å². The number of hydrogen-bond donors (Lipinski definition) is 1. The first kappa shape index (κ1) is 10.2. The fourth-order valence-corrected chi connectivity index (χ4v) is 2.35. The van der Waals surface area contributed by atoms with Gasteiger partial charge in [-0.05, 0) is 43.4 Å². The van der Waals surface area contributed by atoms with Gasteiger partial charge >= 0.3 is 0 Å². The summed E-state index contributed by atoms with van der Waals surface area (Å²) in [7, 11) is 0. The van der Waals surface area contributed by atoms with E-state index < -0.39 is 0 Å². The first-order chi connectivity index (χ1) is 7.92. The Morgan fingerprint density at radius 1 is 1.06 bits per heavy atom. The Morgan fingerprint density at radius 3 is 2.38 bits per heavy atom. The van der Waals surface area contributed by atoms with Crippen molar-refractivity contribution in [1.29, 1.82) is 0 Å².